The molecule has 0 atom stereocenters. The van der Waals surface area contributed by atoms with Crippen molar-refractivity contribution in [1.82, 2.24) is 24.1 Å². The van der Waals surface area contributed by atoms with Crippen LogP contribution in [0.2, 0.25) is 0 Å². The van der Waals surface area contributed by atoms with E-state index in [1.54, 1.807) is 6.20 Å². The minimum absolute atomic E-state index is 0.0622. The molecule has 0 aliphatic rings. The predicted octanol–water partition coefficient (Wildman–Crippen LogP) is 5.74. The van der Waals surface area contributed by atoms with E-state index in [0.29, 0.717) is 13.1 Å². The number of aromatic amines is 1. The molecule has 2 aromatic carbocycles. The van der Waals surface area contributed by atoms with Crippen LogP contribution in [-0.4, -0.2) is 24.1 Å². The molecule has 33 heavy (non-hydrogen) atoms. The van der Waals surface area contributed by atoms with Gasteiger partial charge in [-0.15, -0.1) is 0 Å². The van der Waals surface area contributed by atoms with Gasteiger partial charge in [0, 0.05) is 42.2 Å². The summed E-state index contributed by atoms with van der Waals surface area (Å²) in [5, 5.41) is 0. The van der Waals surface area contributed by atoms with Gasteiger partial charge in [0.1, 0.15) is 5.82 Å². The van der Waals surface area contributed by atoms with E-state index >= 15 is 0 Å². The maximum absolute atomic E-state index is 13.1. The van der Waals surface area contributed by atoms with Crippen LogP contribution >= 0.6 is 0 Å². The summed E-state index contributed by atoms with van der Waals surface area (Å²) in [6, 6.07) is 20.3. The first kappa shape index (κ1) is 20.9. The average molecular weight is 438 g/mol. The molecule has 0 bridgehead atoms. The summed E-state index contributed by atoms with van der Waals surface area (Å²) in [4.78, 5) is 25.8. The first-order valence-corrected chi connectivity index (χ1v) is 11.5. The quantitative estimate of drug-likeness (QED) is 0.353. The Hall–Kier alpha value is -3.93. The minimum Gasteiger partial charge on any atom is -0.337 e. The molecule has 1 N–H and O–H groups in total. The molecule has 0 unspecified atom stereocenters. The van der Waals surface area contributed by atoms with Crippen molar-refractivity contribution in [3.05, 3.63) is 83.5 Å². The van der Waals surface area contributed by atoms with Crippen molar-refractivity contribution in [3.63, 3.8) is 0 Å². The van der Waals surface area contributed by atoms with Crippen LogP contribution < -0.4 is 5.69 Å². The van der Waals surface area contributed by atoms with E-state index in [-0.39, 0.29) is 5.69 Å². The number of hydrogen-bond donors (Lipinski definition) is 1. The fourth-order valence-corrected chi connectivity index (χ4v) is 4.38. The number of nitrogens with one attached hydrogen (secondary N) is 1. The van der Waals surface area contributed by atoms with Crippen LogP contribution in [-0.2, 0) is 13.1 Å². The van der Waals surface area contributed by atoms with Gasteiger partial charge >= 0.3 is 5.69 Å². The van der Waals surface area contributed by atoms with Gasteiger partial charge in [0.15, 0.2) is 0 Å². The second kappa shape index (κ2) is 8.90. The van der Waals surface area contributed by atoms with Gasteiger partial charge in [-0.2, -0.15) is 0 Å². The lowest BCUT2D eigenvalue weighted by molar-refractivity contribution is 0.607. The van der Waals surface area contributed by atoms with Crippen LogP contribution in [0.15, 0.2) is 77.9 Å². The van der Waals surface area contributed by atoms with E-state index < -0.39 is 0 Å². The highest BCUT2D eigenvalue weighted by Crippen LogP contribution is 2.34. The molecule has 0 spiro atoms. The molecule has 5 aromatic rings. The van der Waals surface area contributed by atoms with E-state index in [0.717, 1.165) is 57.8 Å². The highest BCUT2D eigenvalue weighted by Gasteiger charge is 2.18. The number of hydrogen-bond acceptors (Lipinski definition) is 3. The second-order valence-electron chi connectivity index (χ2n) is 8.21. The Morgan fingerprint density at radius 3 is 2.24 bits per heavy atom. The van der Waals surface area contributed by atoms with Crippen molar-refractivity contribution >= 4 is 11.0 Å². The van der Waals surface area contributed by atoms with Crippen LogP contribution in [0.3, 0.4) is 0 Å². The van der Waals surface area contributed by atoms with Crippen molar-refractivity contribution < 1.29 is 0 Å². The maximum Gasteiger partial charge on any atom is 0.329 e. The highest BCUT2D eigenvalue weighted by atomic mass is 16.1. The summed E-state index contributed by atoms with van der Waals surface area (Å²) in [5.74, 6) is 0.770. The van der Waals surface area contributed by atoms with E-state index in [2.05, 4.69) is 54.1 Å². The molecule has 6 heteroatoms. The Labute approximate surface area is 192 Å². The molecule has 0 aliphatic carbocycles. The number of aryl methyl sites for hydroxylation is 2. The van der Waals surface area contributed by atoms with Crippen LogP contribution in [0.5, 0.6) is 0 Å². The third-order valence-electron chi connectivity index (χ3n) is 5.89. The van der Waals surface area contributed by atoms with Gasteiger partial charge in [0.25, 0.3) is 0 Å². The number of fused-ring (bicyclic) bond motifs is 1. The average Bonchev–Trinajstić information content (AvgIpc) is 3.41. The van der Waals surface area contributed by atoms with Crippen LogP contribution in [0.1, 0.15) is 26.7 Å². The van der Waals surface area contributed by atoms with Crippen LogP contribution in [0, 0.1) is 0 Å². The molecular formula is C27H27N5O. The first-order chi connectivity index (χ1) is 16.2. The Morgan fingerprint density at radius 2 is 1.55 bits per heavy atom. The lowest BCUT2D eigenvalue weighted by Crippen LogP contribution is -2.24. The van der Waals surface area contributed by atoms with Crippen molar-refractivity contribution in [2.24, 2.45) is 0 Å². The maximum atomic E-state index is 13.1. The Balaban J connectivity index is 1.73. The first-order valence-electron chi connectivity index (χ1n) is 11.5. The standard InChI is InChI=1S/C27H27N5O/c1-3-15-31-22-13-12-20(17-23(22)32(16-4-2)27(31)33)25-24(19-9-6-5-7-10-19)29-26(30-25)21-11-8-14-28-18-21/h5-14,17-18H,3-4,15-16H2,1-2H3,(H,29,30). The molecule has 0 aliphatic heterocycles. The molecule has 0 radical (unpaired) electrons. The Morgan fingerprint density at radius 1 is 0.818 bits per heavy atom. The number of rotatable bonds is 7. The van der Waals surface area contributed by atoms with Gasteiger partial charge in [-0.3, -0.25) is 14.1 Å². The summed E-state index contributed by atoms with van der Waals surface area (Å²) in [7, 11) is 0. The number of aromatic nitrogens is 5. The third-order valence-corrected chi connectivity index (χ3v) is 5.89. The van der Waals surface area contributed by atoms with E-state index in [1.807, 2.05) is 45.7 Å². The van der Waals surface area contributed by atoms with E-state index in [1.165, 1.54) is 0 Å². The molecule has 6 nitrogen and oxygen atoms in total. The van der Waals surface area contributed by atoms with Crippen molar-refractivity contribution in [2.75, 3.05) is 0 Å². The second-order valence-corrected chi connectivity index (χ2v) is 8.21. The number of H-pyrrole nitrogens is 1. The minimum atomic E-state index is 0.0622. The van der Waals surface area contributed by atoms with Gasteiger partial charge in [-0.25, -0.2) is 9.78 Å². The van der Waals surface area contributed by atoms with E-state index in [9.17, 15) is 4.79 Å². The fourth-order valence-electron chi connectivity index (χ4n) is 4.38. The van der Waals surface area contributed by atoms with Gasteiger partial charge in [0.2, 0.25) is 0 Å². The summed E-state index contributed by atoms with van der Waals surface area (Å²) in [5.41, 5.74) is 6.77. The molecular weight excluding hydrogens is 410 g/mol. The summed E-state index contributed by atoms with van der Waals surface area (Å²) in [6.07, 6.45) is 5.38. The van der Waals surface area contributed by atoms with Crippen LogP contribution in [0.4, 0.5) is 0 Å². The van der Waals surface area contributed by atoms with E-state index in [4.69, 9.17) is 4.98 Å². The lowest BCUT2D eigenvalue weighted by atomic mass is 10.0. The smallest absolute Gasteiger partial charge is 0.329 e. The third kappa shape index (κ3) is 3.78. The number of nitrogens with zero attached hydrogens (tertiary/aromatic N) is 4. The van der Waals surface area contributed by atoms with Gasteiger partial charge in [-0.05, 0) is 37.1 Å². The Bertz CT molecular complexity index is 1440. The number of benzene rings is 2. The molecule has 0 saturated carbocycles. The van der Waals surface area contributed by atoms with Crippen molar-refractivity contribution in [1.29, 1.82) is 0 Å². The topological polar surface area (TPSA) is 68.5 Å². The molecule has 166 valence electrons. The van der Waals surface area contributed by atoms with Gasteiger partial charge in [0.05, 0.1) is 22.4 Å². The molecule has 0 saturated heterocycles. The monoisotopic (exact) mass is 437 g/mol. The van der Waals surface area contributed by atoms with Crippen molar-refractivity contribution in [3.8, 4) is 33.9 Å². The normalized spacial score (nSPS) is 11.3. The number of imidazole rings is 2. The zero-order chi connectivity index (χ0) is 22.8. The zero-order valence-electron chi connectivity index (χ0n) is 19.0. The molecule has 3 heterocycles. The SMILES string of the molecule is CCCn1c(=O)n(CCC)c2cc(-c3nc(-c4cccnc4)[nH]c3-c3ccccc3)ccc21. The van der Waals surface area contributed by atoms with Crippen LogP contribution in [0.25, 0.3) is 44.9 Å². The Kier molecular flexibility index (Phi) is 5.65. The van der Waals surface area contributed by atoms with Gasteiger partial charge in [-0.1, -0.05) is 50.2 Å². The zero-order valence-corrected chi connectivity index (χ0v) is 19.0. The highest BCUT2D eigenvalue weighted by molar-refractivity contribution is 5.87. The summed E-state index contributed by atoms with van der Waals surface area (Å²) >= 11 is 0. The molecule has 3 aromatic heterocycles. The van der Waals surface area contributed by atoms with Gasteiger partial charge < -0.3 is 4.98 Å². The summed E-state index contributed by atoms with van der Waals surface area (Å²) in [6.45, 7) is 5.61. The number of pyridine rings is 1. The fraction of sp³-hybridized carbons (Fsp3) is 0.222. The van der Waals surface area contributed by atoms with Crippen molar-refractivity contribution in [2.45, 2.75) is 39.8 Å². The lowest BCUT2D eigenvalue weighted by Gasteiger charge is -2.06. The largest absolute Gasteiger partial charge is 0.337 e. The molecule has 0 amide bonds. The summed E-state index contributed by atoms with van der Waals surface area (Å²) < 4.78 is 3.78. The molecule has 5 rings (SSSR count). The molecule has 0 fully saturated rings. The predicted molar refractivity (Wildman–Crippen MR) is 133 cm³/mol.